The molecule has 0 saturated heterocycles. The van der Waals surface area contributed by atoms with Gasteiger partial charge in [0.25, 0.3) is 5.91 Å². The number of fused-ring (bicyclic) bond motifs is 1. The summed E-state index contributed by atoms with van der Waals surface area (Å²) in [6, 6.07) is 6.77. The maximum Gasteiger partial charge on any atom is 0.267 e. The van der Waals surface area contributed by atoms with Crippen LogP contribution in [0, 0.1) is 0 Å². The number of sulfonamides is 1. The number of nitrogens with zero attached hydrogens (tertiary/aromatic N) is 3. The summed E-state index contributed by atoms with van der Waals surface area (Å²) in [7, 11) is -3.47. The molecule has 1 aromatic heterocycles. The van der Waals surface area contributed by atoms with Crippen molar-refractivity contribution < 1.29 is 17.9 Å². The maximum absolute atomic E-state index is 12.5. The molecule has 8 nitrogen and oxygen atoms in total. The van der Waals surface area contributed by atoms with E-state index in [0.29, 0.717) is 16.6 Å². The first-order valence-corrected chi connectivity index (χ1v) is 11.2. The molecule has 1 aliphatic heterocycles. The summed E-state index contributed by atoms with van der Waals surface area (Å²) in [5, 5.41) is 10.9. The molecule has 25 heavy (non-hydrogen) atoms. The number of anilines is 2. The van der Waals surface area contributed by atoms with E-state index < -0.39 is 16.1 Å². The van der Waals surface area contributed by atoms with Gasteiger partial charge in [0.1, 0.15) is 5.75 Å². The van der Waals surface area contributed by atoms with Crippen LogP contribution in [0.3, 0.4) is 0 Å². The van der Waals surface area contributed by atoms with Crippen molar-refractivity contribution in [2.45, 2.75) is 16.9 Å². The summed E-state index contributed by atoms with van der Waals surface area (Å²) in [6.45, 7) is 0.153. The van der Waals surface area contributed by atoms with Gasteiger partial charge in [0, 0.05) is 13.0 Å². The molecule has 0 bridgehead atoms. The second-order valence-electron chi connectivity index (χ2n) is 5.26. The lowest BCUT2D eigenvalue weighted by Crippen LogP contribution is -2.35. The van der Waals surface area contributed by atoms with E-state index in [1.165, 1.54) is 27.4 Å². The molecular formula is C14H16N4O4S3. The number of thioether (sulfide) groups is 1. The molecule has 0 saturated carbocycles. The van der Waals surface area contributed by atoms with Gasteiger partial charge in [0.2, 0.25) is 15.2 Å². The Kier molecular flexibility index (Phi) is 5.16. The number of nitrogens with one attached hydrogen (secondary N) is 1. The fourth-order valence-corrected chi connectivity index (χ4v) is 4.51. The molecule has 2 heterocycles. The van der Waals surface area contributed by atoms with Crippen LogP contribution in [0.2, 0.25) is 0 Å². The third kappa shape index (κ3) is 4.05. The molecule has 1 aromatic carbocycles. The van der Waals surface area contributed by atoms with Gasteiger partial charge in [0.05, 0.1) is 11.9 Å². The van der Waals surface area contributed by atoms with Crippen molar-refractivity contribution in [1.82, 2.24) is 10.2 Å². The number of carbonyl (C=O) groups excluding carboxylic acids is 1. The minimum atomic E-state index is -3.47. The zero-order valence-electron chi connectivity index (χ0n) is 13.5. The molecule has 1 amide bonds. The van der Waals surface area contributed by atoms with Crippen LogP contribution in [0.5, 0.6) is 5.75 Å². The van der Waals surface area contributed by atoms with Crippen LogP contribution in [0.25, 0.3) is 0 Å². The molecule has 1 N–H and O–H groups in total. The van der Waals surface area contributed by atoms with E-state index in [-0.39, 0.29) is 18.9 Å². The van der Waals surface area contributed by atoms with Crippen molar-refractivity contribution in [2.75, 3.05) is 28.7 Å². The van der Waals surface area contributed by atoms with Crippen molar-refractivity contribution in [1.29, 1.82) is 0 Å². The number of hydrogen-bond donors (Lipinski definition) is 1. The molecular weight excluding hydrogens is 384 g/mol. The maximum atomic E-state index is 12.5. The van der Waals surface area contributed by atoms with Gasteiger partial charge in [0.15, 0.2) is 10.4 Å². The number of amides is 1. The number of para-hydroxylation sites is 2. The Morgan fingerprint density at radius 2 is 2.16 bits per heavy atom. The average molecular weight is 401 g/mol. The van der Waals surface area contributed by atoms with Gasteiger partial charge in [-0.2, -0.15) is 0 Å². The highest BCUT2D eigenvalue weighted by molar-refractivity contribution is 8.00. The zero-order chi connectivity index (χ0) is 18.0. The molecule has 11 heteroatoms. The summed E-state index contributed by atoms with van der Waals surface area (Å²) >= 11 is 2.71. The third-order valence-corrected chi connectivity index (χ3v) is 6.50. The van der Waals surface area contributed by atoms with Gasteiger partial charge < -0.3 is 4.74 Å². The van der Waals surface area contributed by atoms with Crippen LogP contribution in [0.15, 0.2) is 28.6 Å². The predicted octanol–water partition coefficient (Wildman–Crippen LogP) is 1.82. The van der Waals surface area contributed by atoms with Gasteiger partial charge in [-0.3, -0.25) is 14.4 Å². The fraction of sp³-hybridized carbons (Fsp3) is 0.357. The summed E-state index contributed by atoms with van der Waals surface area (Å²) in [4.78, 5) is 12.5. The molecule has 1 unspecified atom stereocenters. The largest absolute Gasteiger partial charge is 0.478 e. The van der Waals surface area contributed by atoms with Crippen molar-refractivity contribution in [3.63, 3.8) is 0 Å². The lowest BCUT2D eigenvalue weighted by molar-refractivity contribution is -0.122. The van der Waals surface area contributed by atoms with Crippen LogP contribution >= 0.6 is 23.1 Å². The molecule has 2 aromatic rings. The van der Waals surface area contributed by atoms with Crippen LogP contribution < -0.4 is 14.4 Å². The van der Waals surface area contributed by atoms with Crippen LogP contribution in [-0.4, -0.2) is 49.7 Å². The highest BCUT2D eigenvalue weighted by Crippen LogP contribution is 2.34. The Hall–Kier alpha value is -1.85. The molecule has 0 spiro atoms. The van der Waals surface area contributed by atoms with E-state index in [2.05, 4.69) is 15.5 Å². The summed E-state index contributed by atoms with van der Waals surface area (Å²) in [5.41, 5.74) is 0.431. The number of carbonyl (C=O) groups is 1. The van der Waals surface area contributed by atoms with Crippen molar-refractivity contribution in [3.05, 3.63) is 24.3 Å². The Labute approximate surface area is 153 Å². The second kappa shape index (κ2) is 7.18. The molecule has 3 rings (SSSR count). The quantitative estimate of drug-likeness (QED) is 0.617. The van der Waals surface area contributed by atoms with E-state index in [4.69, 9.17) is 4.74 Å². The van der Waals surface area contributed by atoms with Gasteiger partial charge in [-0.25, -0.2) is 8.42 Å². The Morgan fingerprint density at radius 1 is 1.40 bits per heavy atom. The fourth-order valence-electron chi connectivity index (χ4n) is 2.39. The lowest BCUT2D eigenvalue weighted by atomic mass is 10.2. The van der Waals surface area contributed by atoms with E-state index in [1.807, 2.05) is 6.26 Å². The number of rotatable bonds is 4. The summed E-state index contributed by atoms with van der Waals surface area (Å²) < 4.78 is 31.9. The topological polar surface area (TPSA) is 101 Å². The van der Waals surface area contributed by atoms with Crippen LogP contribution in [0.4, 0.5) is 10.8 Å². The zero-order valence-corrected chi connectivity index (χ0v) is 15.9. The highest BCUT2D eigenvalue weighted by atomic mass is 32.2. The van der Waals surface area contributed by atoms with Crippen molar-refractivity contribution in [2.24, 2.45) is 0 Å². The molecule has 1 atom stereocenters. The van der Waals surface area contributed by atoms with E-state index in [0.717, 1.165) is 10.6 Å². The Bertz CT molecular complexity index is 884. The summed E-state index contributed by atoms with van der Waals surface area (Å²) in [5.74, 6) is -0.0263. The van der Waals surface area contributed by atoms with Crippen LogP contribution in [0.1, 0.15) is 6.42 Å². The van der Waals surface area contributed by atoms with Gasteiger partial charge in [-0.05, 0) is 18.4 Å². The minimum absolute atomic E-state index is 0.153. The Morgan fingerprint density at radius 3 is 2.84 bits per heavy atom. The molecule has 0 radical (unpaired) electrons. The SMILES string of the molecule is CSc1nnc(NC(=O)C2CCN(S(C)(=O)=O)c3ccccc3O2)s1. The van der Waals surface area contributed by atoms with E-state index in [9.17, 15) is 13.2 Å². The standard InChI is InChI=1S/C14H16N4O4S3/c1-23-14-17-16-13(24-14)15-12(19)11-7-8-18(25(2,20)21)9-5-3-4-6-10(9)22-11/h3-6,11H,7-8H2,1-2H3,(H,15,16,19). The number of aromatic nitrogens is 2. The monoisotopic (exact) mass is 400 g/mol. The average Bonchev–Trinajstić information content (AvgIpc) is 2.91. The molecule has 1 aliphatic rings. The predicted molar refractivity (Wildman–Crippen MR) is 98.0 cm³/mol. The lowest BCUT2D eigenvalue weighted by Gasteiger charge is -2.20. The first-order chi connectivity index (χ1) is 11.9. The van der Waals surface area contributed by atoms with E-state index in [1.54, 1.807) is 24.3 Å². The Balaban J connectivity index is 1.82. The number of hydrogen-bond acceptors (Lipinski definition) is 8. The highest BCUT2D eigenvalue weighted by Gasteiger charge is 2.31. The molecule has 0 aliphatic carbocycles. The second-order valence-corrected chi connectivity index (χ2v) is 9.20. The number of ether oxygens (including phenoxy) is 1. The first-order valence-electron chi connectivity index (χ1n) is 7.30. The third-order valence-electron chi connectivity index (χ3n) is 3.50. The van der Waals surface area contributed by atoms with Crippen molar-refractivity contribution >= 4 is 49.8 Å². The van der Waals surface area contributed by atoms with Crippen molar-refractivity contribution in [3.8, 4) is 5.75 Å². The molecule has 0 fully saturated rings. The van der Waals surface area contributed by atoms with Gasteiger partial charge in [-0.1, -0.05) is 35.2 Å². The number of benzene rings is 1. The van der Waals surface area contributed by atoms with E-state index >= 15 is 0 Å². The smallest absolute Gasteiger partial charge is 0.267 e. The summed E-state index contributed by atoms with van der Waals surface area (Å²) in [6.07, 6.45) is 2.41. The minimum Gasteiger partial charge on any atom is -0.478 e. The first kappa shape index (κ1) is 18.0. The van der Waals surface area contributed by atoms with Gasteiger partial charge in [-0.15, -0.1) is 10.2 Å². The normalized spacial score (nSPS) is 17.4. The van der Waals surface area contributed by atoms with Gasteiger partial charge >= 0.3 is 0 Å². The van der Waals surface area contributed by atoms with Crippen LogP contribution in [-0.2, 0) is 14.8 Å². The molecule has 134 valence electrons.